The molecule has 2 aliphatic rings. The van der Waals surface area contributed by atoms with E-state index in [1.807, 2.05) is 84.9 Å². The molecule has 3 atom stereocenters. The highest BCUT2D eigenvalue weighted by Crippen LogP contribution is 2.41. The topological polar surface area (TPSA) is 49.9 Å². The number of carbonyl (C=O) groups is 2. The van der Waals surface area contributed by atoms with E-state index < -0.39 is 18.1 Å². The number of amides is 2. The molecule has 2 saturated heterocycles. The highest BCUT2D eigenvalue weighted by Gasteiger charge is 2.59. The number of halogens is 1. The first-order chi connectivity index (χ1) is 15.1. The van der Waals surface area contributed by atoms with E-state index >= 15 is 0 Å². The predicted molar refractivity (Wildman–Crippen MR) is 123 cm³/mol. The summed E-state index contributed by atoms with van der Waals surface area (Å²) in [6.45, 7) is 0. The molecule has 0 spiro atoms. The van der Waals surface area contributed by atoms with Gasteiger partial charge in [0.25, 0.3) is 5.91 Å². The van der Waals surface area contributed by atoms with Gasteiger partial charge in [-0.15, -0.1) is 0 Å². The summed E-state index contributed by atoms with van der Waals surface area (Å²) in [5, 5.41) is 1.68. The van der Waals surface area contributed by atoms with E-state index in [9.17, 15) is 9.59 Å². The fourth-order valence-corrected chi connectivity index (χ4v) is 4.33. The molecule has 0 radical (unpaired) electrons. The van der Waals surface area contributed by atoms with Gasteiger partial charge in [0.05, 0.1) is 17.4 Å². The Hall–Kier alpha value is -3.22. The van der Waals surface area contributed by atoms with Gasteiger partial charge in [-0.1, -0.05) is 76.6 Å². The predicted octanol–water partition coefficient (Wildman–Crippen LogP) is 4.84. The monoisotopic (exact) mass is 474 g/mol. The molecule has 0 N–H and O–H groups in total. The van der Waals surface area contributed by atoms with Gasteiger partial charge >= 0.3 is 0 Å². The Morgan fingerprint density at radius 2 is 1.42 bits per heavy atom. The van der Waals surface area contributed by atoms with E-state index in [0.717, 1.165) is 15.7 Å². The number of hydrogen-bond acceptors (Lipinski definition) is 4. The fourth-order valence-electron chi connectivity index (χ4n) is 4.07. The van der Waals surface area contributed by atoms with Crippen molar-refractivity contribution < 1.29 is 14.4 Å². The molecule has 5 nitrogen and oxygen atoms in total. The third kappa shape index (κ3) is 3.58. The highest BCUT2D eigenvalue weighted by atomic mass is 79.9. The molecule has 0 saturated carbocycles. The van der Waals surface area contributed by atoms with E-state index in [4.69, 9.17) is 4.84 Å². The number of imide groups is 1. The number of anilines is 2. The number of hydroxylamine groups is 1. The molecule has 2 fully saturated rings. The summed E-state index contributed by atoms with van der Waals surface area (Å²) < 4.78 is 0.880. The van der Waals surface area contributed by atoms with Crippen molar-refractivity contribution in [3.8, 4) is 0 Å². The molecule has 2 heterocycles. The lowest BCUT2D eigenvalue weighted by molar-refractivity contribution is -0.126. The van der Waals surface area contributed by atoms with Gasteiger partial charge in [0.2, 0.25) is 5.91 Å². The summed E-state index contributed by atoms with van der Waals surface area (Å²) >= 11 is 3.39. The molecule has 3 aromatic rings. The van der Waals surface area contributed by atoms with Gasteiger partial charge in [-0.05, 0) is 42.0 Å². The number of hydrogen-bond donors (Lipinski definition) is 0. The SMILES string of the molecule is O=C1[C@@H]2[C@@H](ON(c3ccccc3)[C@H]2/C=C/c2ccccc2)C(=O)N1c1ccc(Br)cc1. The van der Waals surface area contributed by atoms with Crippen molar-refractivity contribution in [1.82, 2.24) is 0 Å². The Kier molecular flexibility index (Phi) is 5.18. The maximum atomic E-state index is 13.4. The van der Waals surface area contributed by atoms with Crippen LogP contribution in [0.15, 0.2) is 95.5 Å². The Morgan fingerprint density at radius 1 is 0.774 bits per heavy atom. The van der Waals surface area contributed by atoms with Crippen LogP contribution in [0, 0.1) is 5.92 Å². The Bertz CT molecular complexity index is 1130. The van der Waals surface area contributed by atoms with Crippen molar-refractivity contribution in [3.63, 3.8) is 0 Å². The fraction of sp³-hybridized carbons (Fsp3) is 0.120. The van der Waals surface area contributed by atoms with Crippen LogP contribution in [0.3, 0.4) is 0 Å². The summed E-state index contributed by atoms with van der Waals surface area (Å²) in [4.78, 5) is 34.0. The average Bonchev–Trinajstić information content (AvgIpc) is 3.30. The van der Waals surface area contributed by atoms with Crippen molar-refractivity contribution in [1.29, 1.82) is 0 Å². The zero-order chi connectivity index (χ0) is 21.4. The van der Waals surface area contributed by atoms with Crippen molar-refractivity contribution in [2.75, 3.05) is 9.96 Å². The summed E-state index contributed by atoms with van der Waals surface area (Å²) in [6.07, 6.45) is 3.05. The first-order valence-electron chi connectivity index (χ1n) is 10.0. The van der Waals surface area contributed by atoms with Crippen molar-refractivity contribution in [2.45, 2.75) is 12.1 Å². The minimum atomic E-state index is -0.859. The number of para-hydroxylation sites is 1. The number of carbonyl (C=O) groups excluding carboxylic acids is 2. The molecule has 0 aliphatic carbocycles. The zero-order valence-electron chi connectivity index (χ0n) is 16.5. The van der Waals surface area contributed by atoms with Crippen LogP contribution < -0.4 is 9.96 Å². The summed E-state index contributed by atoms with van der Waals surface area (Å²) in [6, 6.07) is 26.1. The lowest BCUT2D eigenvalue weighted by atomic mass is 9.95. The molecule has 154 valence electrons. The number of benzene rings is 3. The van der Waals surface area contributed by atoms with Gasteiger partial charge in [0.15, 0.2) is 6.10 Å². The van der Waals surface area contributed by atoms with E-state index in [-0.39, 0.29) is 11.8 Å². The molecule has 31 heavy (non-hydrogen) atoms. The van der Waals surface area contributed by atoms with Crippen LogP contribution in [-0.4, -0.2) is 24.0 Å². The maximum absolute atomic E-state index is 13.4. The lowest BCUT2D eigenvalue weighted by Crippen LogP contribution is -2.39. The molecule has 0 aromatic heterocycles. The van der Waals surface area contributed by atoms with E-state index in [1.165, 1.54) is 4.90 Å². The van der Waals surface area contributed by atoms with Crippen LogP contribution in [0.5, 0.6) is 0 Å². The molecule has 0 bridgehead atoms. The van der Waals surface area contributed by atoms with Gasteiger partial charge < -0.3 is 0 Å². The van der Waals surface area contributed by atoms with Crippen molar-refractivity contribution >= 4 is 45.2 Å². The van der Waals surface area contributed by atoms with Crippen LogP contribution in [0.25, 0.3) is 6.08 Å². The Balaban J connectivity index is 1.52. The molecule has 3 aromatic carbocycles. The molecule has 2 aliphatic heterocycles. The first kappa shape index (κ1) is 19.7. The molecule has 2 amide bonds. The van der Waals surface area contributed by atoms with E-state index in [0.29, 0.717) is 5.69 Å². The smallest absolute Gasteiger partial charge is 0.266 e. The molecule has 5 rings (SSSR count). The zero-order valence-corrected chi connectivity index (χ0v) is 18.1. The first-order valence-corrected chi connectivity index (χ1v) is 10.8. The van der Waals surface area contributed by atoms with Crippen molar-refractivity contribution in [2.24, 2.45) is 5.92 Å². The van der Waals surface area contributed by atoms with Crippen molar-refractivity contribution in [3.05, 3.63) is 101 Å². The van der Waals surface area contributed by atoms with Crippen LogP contribution in [0.1, 0.15) is 5.56 Å². The van der Waals surface area contributed by atoms with Crippen LogP contribution in [-0.2, 0) is 14.4 Å². The number of nitrogens with zero attached hydrogens (tertiary/aromatic N) is 2. The minimum Gasteiger partial charge on any atom is -0.273 e. The maximum Gasteiger partial charge on any atom is 0.266 e. The molecule has 0 unspecified atom stereocenters. The quantitative estimate of drug-likeness (QED) is 0.507. The number of fused-ring (bicyclic) bond motifs is 1. The second-order valence-corrected chi connectivity index (χ2v) is 8.38. The second kappa shape index (κ2) is 8.13. The van der Waals surface area contributed by atoms with Gasteiger partial charge in [-0.25, -0.2) is 9.96 Å². The van der Waals surface area contributed by atoms with E-state index in [1.54, 1.807) is 17.2 Å². The largest absolute Gasteiger partial charge is 0.273 e. The average molecular weight is 475 g/mol. The third-order valence-electron chi connectivity index (χ3n) is 5.54. The molecular weight excluding hydrogens is 456 g/mol. The summed E-state index contributed by atoms with van der Waals surface area (Å²) in [5.41, 5.74) is 2.36. The Labute approximate surface area is 188 Å². The lowest BCUT2D eigenvalue weighted by Gasteiger charge is -2.26. The van der Waals surface area contributed by atoms with Gasteiger partial charge in [0.1, 0.15) is 5.92 Å². The molecule has 6 heteroatoms. The Morgan fingerprint density at radius 3 is 2.10 bits per heavy atom. The van der Waals surface area contributed by atoms with E-state index in [2.05, 4.69) is 15.9 Å². The summed E-state index contributed by atoms with van der Waals surface area (Å²) in [7, 11) is 0. The summed E-state index contributed by atoms with van der Waals surface area (Å²) in [5.74, 6) is -1.22. The second-order valence-electron chi connectivity index (χ2n) is 7.46. The van der Waals surface area contributed by atoms with Crippen LogP contribution >= 0.6 is 15.9 Å². The highest BCUT2D eigenvalue weighted by molar-refractivity contribution is 9.10. The third-order valence-corrected chi connectivity index (χ3v) is 6.07. The van der Waals surface area contributed by atoms with Gasteiger partial charge in [-0.3, -0.25) is 14.4 Å². The minimum absolute atomic E-state index is 0.251. The normalized spacial score (nSPS) is 23.1. The number of rotatable bonds is 4. The standard InChI is InChI=1S/C25H19BrN2O3/c26-18-12-14-19(15-13-18)27-24(29)22-21(16-11-17-7-3-1-4-8-17)28(31-23(22)25(27)30)20-9-5-2-6-10-20/h1-16,21-23H/b16-11+/t21-,22-,23+/m0/s1. The molecular formula is C25H19BrN2O3. The van der Waals surface area contributed by atoms with Crippen LogP contribution in [0.2, 0.25) is 0 Å². The van der Waals surface area contributed by atoms with Crippen LogP contribution in [0.4, 0.5) is 11.4 Å². The van der Waals surface area contributed by atoms with Gasteiger partial charge in [0, 0.05) is 4.47 Å². The van der Waals surface area contributed by atoms with Gasteiger partial charge in [-0.2, -0.15) is 0 Å².